The molecule has 5 rings (SSSR count). The maximum absolute atomic E-state index is 12.3. The summed E-state index contributed by atoms with van der Waals surface area (Å²) in [6.45, 7) is 2.99. The fourth-order valence-corrected chi connectivity index (χ4v) is 5.94. The fraction of sp³-hybridized carbons (Fsp3) is 0.263. The molecule has 0 saturated carbocycles. The van der Waals surface area contributed by atoms with Gasteiger partial charge in [-0.2, -0.15) is 0 Å². The van der Waals surface area contributed by atoms with Gasteiger partial charge in [0.25, 0.3) is 0 Å². The zero-order chi connectivity index (χ0) is 34.2. The van der Waals surface area contributed by atoms with Gasteiger partial charge in [-0.15, -0.1) is 0 Å². The number of hydrogen-bond acceptors (Lipinski definition) is 10. The molecular weight excluding hydrogens is 616 g/mol. The normalized spacial score (nSPS) is 12.0. The molecule has 0 saturated heterocycles. The van der Waals surface area contributed by atoms with E-state index in [2.05, 4.69) is 0 Å². The quantitative estimate of drug-likeness (QED) is 0.151. The lowest BCUT2D eigenvalue weighted by Crippen LogP contribution is -2.16. The summed E-state index contributed by atoms with van der Waals surface area (Å²) in [5, 5.41) is 23.2. The first-order valence-electron chi connectivity index (χ1n) is 15.6. The average molecular weight is 653 g/mol. The molecule has 10 heteroatoms. The lowest BCUT2D eigenvalue weighted by Gasteiger charge is -2.20. The Labute approximate surface area is 277 Å². The lowest BCUT2D eigenvalue weighted by molar-refractivity contribution is -0.146. The van der Waals surface area contributed by atoms with Crippen LogP contribution in [0.25, 0.3) is 0 Å². The second-order valence-corrected chi connectivity index (χ2v) is 11.3. The Bertz CT molecular complexity index is 1630. The van der Waals surface area contributed by atoms with E-state index in [0.717, 1.165) is 0 Å². The molecule has 0 atom stereocenters. The van der Waals surface area contributed by atoms with E-state index in [4.69, 9.17) is 18.9 Å². The Hall–Kier alpha value is -5.64. The number of benzene rings is 4. The van der Waals surface area contributed by atoms with E-state index >= 15 is 0 Å². The molecule has 1 aliphatic rings. The summed E-state index contributed by atoms with van der Waals surface area (Å²) >= 11 is 0. The molecule has 4 aromatic carbocycles. The molecule has 0 radical (unpaired) electrons. The molecule has 1 aliphatic carbocycles. The highest BCUT2D eigenvalue weighted by Gasteiger charge is 2.22. The number of aldehydes is 2. The molecule has 4 aromatic rings. The van der Waals surface area contributed by atoms with Crippen LogP contribution in [-0.4, -0.2) is 61.2 Å². The van der Waals surface area contributed by atoms with Gasteiger partial charge < -0.3 is 29.2 Å². The molecule has 0 amide bonds. The first kappa shape index (κ1) is 33.7. The highest BCUT2D eigenvalue weighted by Crippen LogP contribution is 2.38. The Morgan fingerprint density at radius 1 is 0.583 bits per heavy atom. The van der Waals surface area contributed by atoms with Gasteiger partial charge in [0.1, 0.15) is 35.6 Å². The molecule has 0 heterocycles. The van der Waals surface area contributed by atoms with Crippen LogP contribution in [0.4, 0.5) is 0 Å². The molecule has 8 bridgehead atoms. The van der Waals surface area contributed by atoms with E-state index in [1.807, 2.05) is 0 Å². The van der Waals surface area contributed by atoms with E-state index in [9.17, 15) is 29.4 Å². The molecule has 10 nitrogen and oxygen atoms in total. The third kappa shape index (κ3) is 7.66. The molecule has 0 unspecified atom stereocenters. The van der Waals surface area contributed by atoms with Crippen molar-refractivity contribution in [3.63, 3.8) is 0 Å². The minimum atomic E-state index is -0.566. The summed E-state index contributed by atoms with van der Waals surface area (Å²) < 4.78 is 22.2. The molecule has 0 spiro atoms. The molecule has 48 heavy (non-hydrogen) atoms. The van der Waals surface area contributed by atoms with Gasteiger partial charge in [0.15, 0.2) is 13.2 Å². The minimum absolute atomic E-state index is 0.0327. The van der Waals surface area contributed by atoms with E-state index < -0.39 is 11.9 Å². The van der Waals surface area contributed by atoms with Crippen LogP contribution in [0.2, 0.25) is 0 Å². The average Bonchev–Trinajstić information content (AvgIpc) is 3.07. The van der Waals surface area contributed by atoms with E-state index in [-0.39, 0.29) is 63.6 Å². The minimum Gasteiger partial charge on any atom is -0.507 e. The summed E-state index contributed by atoms with van der Waals surface area (Å²) in [5.74, 6) is -0.489. The number of carbonyl (C=O) groups excluding carboxylic acids is 4. The Morgan fingerprint density at radius 3 is 1.17 bits per heavy atom. The highest BCUT2D eigenvalue weighted by atomic mass is 16.6. The smallest absolute Gasteiger partial charge is 0.344 e. The number of ether oxygens (including phenoxy) is 4. The van der Waals surface area contributed by atoms with Gasteiger partial charge in [-0.25, -0.2) is 9.59 Å². The first-order chi connectivity index (χ1) is 23.2. The number of phenols is 2. The number of phenolic OH excluding ortho intramolecular Hbond substituents is 2. The number of hydrogen-bond donors (Lipinski definition) is 2. The predicted molar refractivity (Wildman–Crippen MR) is 175 cm³/mol. The van der Waals surface area contributed by atoms with Crippen molar-refractivity contribution in [2.24, 2.45) is 0 Å². The first-order valence-corrected chi connectivity index (χ1v) is 15.6. The second-order valence-electron chi connectivity index (χ2n) is 11.3. The summed E-state index contributed by atoms with van der Waals surface area (Å²) in [4.78, 5) is 48.8. The van der Waals surface area contributed by atoms with Crippen LogP contribution in [0.3, 0.4) is 0 Å². The van der Waals surface area contributed by atoms with Crippen molar-refractivity contribution >= 4 is 24.5 Å². The number of esters is 2. The molecular formula is C38H36O10. The van der Waals surface area contributed by atoms with Gasteiger partial charge in [-0.1, -0.05) is 36.4 Å². The van der Waals surface area contributed by atoms with E-state index in [0.29, 0.717) is 79.7 Å². The highest BCUT2D eigenvalue weighted by molar-refractivity contribution is 5.78. The van der Waals surface area contributed by atoms with Crippen LogP contribution in [0.5, 0.6) is 23.0 Å². The van der Waals surface area contributed by atoms with Gasteiger partial charge in [-0.3, -0.25) is 9.59 Å². The van der Waals surface area contributed by atoms with Gasteiger partial charge >= 0.3 is 11.9 Å². The van der Waals surface area contributed by atoms with Crippen LogP contribution in [0.1, 0.15) is 79.1 Å². The van der Waals surface area contributed by atoms with Crippen molar-refractivity contribution in [1.82, 2.24) is 0 Å². The second kappa shape index (κ2) is 15.3. The van der Waals surface area contributed by atoms with Crippen molar-refractivity contribution in [3.05, 3.63) is 116 Å². The summed E-state index contributed by atoms with van der Waals surface area (Å²) in [6, 6.07) is 17.1. The van der Waals surface area contributed by atoms with Crippen molar-refractivity contribution in [3.8, 4) is 23.0 Å². The summed E-state index contributed by atoms with van der Waals surface area (Å²) in [6.07, 6.45) is 1.92. The summed E-state index contributed by atoms with van der Waals surface area (Å²) in [7, 11) is 0. The monoisotopic (exact) mass is 652 g/mol. The van der Waals surface area contributed by atoms with Crippen molar-refractivity contribution in [2.45, 2.75) is 39.5 Å². The number of carbonyl (C=O) groups is 4. The predicted octanol–water partition coefficient (Wildman–Crippen LogP) is 5.28. The molecule has 248 valence electrons. The van der Waals surface area contributed by atoms with Crippen LogP contribution in [-0.2, 0) is 44.7 Å². The fourth-order valence-electron chi connectivity index (χ4n) is 5.94. The van der Waals surface area contributed by atoms with E-state index in [1.165, 1.54) is 0 Å². The molecule has 0 aliphatic heterocycles. The topological polar surface area (TPSA) is 146 Å². The maximum Gasteiger partial charge on any atom is 0.344 e. The van der Waals surface area contributed by atoms with Crippen LogP contribution >= 0.6 is 0 Å². The number of rotatable bonds is 10. The van der Waals surface area contributed by atoms with Gasteiger partial charge in [0.05, 0.1) is 13.2 Å². The zero-order valence-corrected chi connectivity index (χ0v) is 26.7. The van der Waals surface area contributed by atoms with Crippen LogP contribution in [0, 0.1) is 0 Å². The molecule has 2 N–H and O–H groups in total. The lowest BCUT2D eigenvalue weighted by atomic mass is 9.90. The standard InChI is InChI=1S/C38H36O10/c1-3-45-33(41)21-47-37-25-7-5-8-26(37)16-30-12-24(20-40)14-32(36(30)44)18-28-10-6-9-27(38(28)48-22-34(42)46-4-2)17-31-13-23(19-39)11-29(15-25)35(31)43/h5-14,19-20,43-44H,3-4,15-18,21-22H2,1-2H3. The molecule has 0 fully saturated rings. The van der Waals surface area contributed by atoms with Crippen molar-refractivity contribution in [2.75, 3.05) is 26.4 Å². The van der Waals surface area contributed by atoms with Crippen molar-refractivity contribution in [1.29, 1.82) is 0 Å². The molecule has 0 aromatic heterocycles. The van der Waals surface area contributed by atoms with Gasteiger partial charge in [0, 0.05) is 36.8 Å². The number of fused-ring (bicyclic) bond motifs is 8. The SMILES string of the molecule is CCOC(=O)COc1c2cccc1Cc1cc(C=O)cc(c1O)Cc1cccc(c1OCC(=O)OCC)Cc1cc(C=O)cc(c1O)C2. The van der Waals surface area contributed by atoms with Crippen LogP contribution < -0.4 is 9.47 Å². The zero-order valence-electron chi connectivity index (χ0n) is 26.7. The largest absolute Gasteiger partial charge is 0.507 e. The maximum atomic E-state index is 12.3. The van der Waals surface area contributed by atoms with Gasteiger partial charge in [0.2, 0.25) is 0 Å². The Kier molecular flexibility index (Phi) is 10.7. The Morgan fingerprint density at radius 2 is 0.896 bits per heavy atom. The number of aromatic hydroxyl groups is 2. The summed E-state index contributed by atoms with van der Waals surface area (Å²) in [5.41, 5.74) is 4.90. The van der Waals surface area contributed by atoms with E-state index in [1.54, 1.807) is 74.5 Å². The third-order valence-electron chi connectivity index (χ3n) is 8.01. The van der Waals surface area contributed by atoms with Crippen LogP contribution in [0.15, 0.2) is 60.7 Å². The van der Waals surface area contributed by atoms with Gasteiger partial charge in [-0.05, 0) is 82.6 Å². The van der Waals surface area contributed by atoms with Crippen molar-refractivity contribution < 1.29 is 48.3 Å². The Balaban J connectivity index is 1.73. The number of para-hydroxylation sites is 2. The third-order valence-corrected chi connectivity index (χ3v) is 8.01.